The minimum Gasteiger partial charge on any atom is -0.478 e. The molecule has 1 amide bonds. The number of carboxylic acids is 1. The second-order valence-corrected chi connectivity index (χ2v) is 7.06. The molecule has 0 saturated heterocycles. The van der Waals surface area contributed by atoms with Gasteiger partial charge >= 0.3 is 5.97 Å². The molecule has 0 aromatic heterocycles. The molecular formula is C14H19NO5S. The summed E-state index contributed by atoms with van der Waals surface area (Å²) in [5.41, 5.74) is 1.06. The SMILES string of the molecule is CCS(=O)(=O)CCNC(=O)CCc1ccc(C(=O)O)cc1. The van der Waals surface area contributed by atoms with E-state index in [-0.39, 0.29) is 35.9 Å². The van der Waals surface area contributed by atoms with Gasteiger partial charge in [-0.05, 0) is 24.1 Å². The Morgan fingerprint density at radius 1 is 1.19 bits per heavy atom. The highest BCUT2D eigenvalue weighted by Crippen LogP contribution is 2.06. The molecule has 2 N–H and O–H groups in total. The summed E-state index contributed by atoms with van der Waals surface area (Å²) in [5.74, 6) is -1.19. The Labute approximate surface area is 124 Å². The van der Waals surface area contributed by atoms with Gasteiger partial charge < -0.3 is 10.4 Å². The quantitative estimate of drug-likeness (QED) is 0.741. The second kappa shape index (κ2) is 7.78. The van der Waals surface area contributed by atoms with Crippen LogP contribution in [0.2, 0.25) is 0 Å². The van der Waals surface area contributed by atoms with Crippen LogP contribution in [0, 0.1) is 0 Å². The van der Waals surface area contributed by atoms with Crippen molar-refractivity contribution in [1.82, 2.24) is 5.32 Å². The molecule has 21 heavy (non-hydrogen) atoms. The van der Waals surface area contributed by atoms with Gasteiger partial charge in [0.15, 0.2) is 9.84 Å². The maximum Gasteiger partial charge on any atom is 0.335 e. The van der Waals surface area contributed by atoms with E-state index in [1.54, 1.807) is 19.1 Å². The van der Waals surface area contributed by atoms with E-state index >= 15 is 0 Å². The Morgan fingerprint density at radius 2 is 1.81 bits per heavy atom. The summed E-state index contributed by atoms with van der Waals surface area (Å²) in [6.45, 7) is 1.69. The van der Waals surface area contributed by atoms with Crippen molar-refractivity contribution in [3.05, 3.63) is 35.4 Å². The van der Waals surface area contributed by atoms with E-state index in [0.29, 0.717) is 6.42 Å². The first-order chi connectivity index (χ1) is 9.84. The zero-order valence-corrected chi connectivity index (χ0v) is 12.6. The number of carbonyl (C=O) groups excluding carboxylic acids is 1. The maximum atomic E-state index is 11.6. The highest BCUT2D eigenvalue weighted by Gasteiger charge is 2.08. The first kappa shape index (κ1) is 17.2. The largest absolute Gasteiger partial charge is 0.478 e. The van der Waals surface area contributed by atoms with Gasteiger partial charge in [0.2, 0.25) is 5.91 Å². The van der Waals surface area contributed by atoms with E-state index in [0.717, 1.165) is 5.56 Å². The minimum atomic E-state index is -3.07. The molecule has 0 bridgehead atoms. The molecule has 0 heterocycles. The Kier molecular flexibility index (Phi) is 6.36. The van der Waals surface area contributed by atoms with Crippen LogP contribution < -0.4 is 5.32 Å². The van der Waals surface area contributed by atoms with Gasteiger partial charge in [-0.2, -0.15) is 0 Å². The summed E-state index contributed by atoms with van der Waals surface area (Å²) in [7, 11) is -3.07. The fraction of sp³-hybridized carbons (Fsp3) is 0.429. The Hall–Kier alpha value is -1.89. The lowest BCUT2D eigenvalue weighted by atomic mass is 10.1. The van der Waals surface area contributed by atoms with Gasteiger partial charge in [-0.3, -0.25) is 4.79 Å². The summed E-state index contributed by atoms with van der Waals surface area (Å²) in [6, 6.07) is 6.31. The van der Waals surface area contributed by atoms with Gasteiger partial charge in [0, 0.05) is 18.7 Å². The van der Waals surface area contributed by atoms with Crippen molar-refractivity contribution in [3.63, 3.8) is 0 Å². The molecule has 0 aliphatic heterocycles. The Morgan fingerprint density at radius 3 is 2.33 bits per heavy atom. The standard InChI is InChI=1S/C14H19NO5S/c1-2-21(19,20)10-9-15-13(16)8-5-11-3-6-12(7-4-11)14(17)18/h3-4,6-7H,2,5,8-10H2,1H3,(H,15,16)(H,17,18). The number of carboxylic acid groups (broad SMARTS) is 1. The monoisotopic (exact) mass is 313 g/mol. The number of aromatic carboxylic acids is 1. The van der Waals surface area contributed by atoms with E-state index in [4.69, 9.17) is 5.11 Å². The van der Waals surface area contributed by atoms with Crippen molar-refractivity contribution in [2.75, 3.05) is 18.1 Å². The summed E-state index contributed by atoms with van der Waals surface area (Å²) in [5, 5.41) is 11.3. The Bertz CT molecular complexity index is 592. The molecule has 0 aliphatic carbocycles. The molecule has 1 aromatic rings. The number of rotatable bonds is 8. The number of aryl methyl sites for hydroxylation is 1. The molecule has 0 saturated carbocycles. The van der Waals surface area contributed by atoms with Crippen LogP contribution in [0.15, 0.2) is 24.3 Å². The molecule has 0 radical (unpaired) electrons. The van der Waals surface area contributed by atoms with Crippen LogP contribution in [0.5, 0.6) is 0 Å². The molecule has 0 fully saturated rings. The molecule has 0 spiro atoms. The molecule has 116 valence electrons. The van der Waals surface area contributed by atoms with Crippen molar-refractivity contribution in [2.45, 2.75) is 19.8 Å². The van der Waals surface area contributed by atoms with Crippen LogP contribution in [0.1, 0.15) is 29.3 Å². The van der Waals surface area contributed by atoms with Gasteiger partial charge in [-0.1, -0.05) is 19.1 Å². The smallest absolute Gasteiger partial charge is 0.335 e. The van der Waals surface area contributed by atoms with Gasteiger partial charge in [-0.25, -0.2) is 13.2 Å². The average Bonchev–Trinajstić information content (AvgIpc) is 2.45. The topological polar surface area (TPSA) is 101 Å². The van der Waals surface area contributed by atoms with Crippen molar-refractivity contribution < 1.29 is 23.1 Å². The minimum absolute atomic E-state index is 0.0530. The number of carbonyl (C=O) groups is 2. The van der Waals surface area contributed by atoms with Crippen molar-refractivity contribution in [3.8, 4) is 0 Å². The lowest BCUT2D eigenvalue weighted by Gasteiger charge is -2.05. The second-order valence-electron chi connectivity index (χ2n) is 4.59. The predicted octanol–water partition coefficient (Wildman–Crippen LogP) is 0.868. The van der Waals surface area contributed by atoms with Crippen molar-refractivity contribution >= 4 is 21.7 Å². The first-order valence-electron chi connectivity index (χ1n) is 6.63. The first-order valence-corrected chi connectivity index (χ1v) is 8.45. The number of hydrogen-bond acceptors (Lipinski definition) is 4. The maximum absolute atomic E-state index is 11.6. The third-order valence-corrected chi connectivity index (χ3v) is 4.72. The number of amides is 1. The summed E-state index contributed by atoms with van der Waals surface area (Å²) < 4.78 is 22.5. The van der Waals surface area contributed by atoms with E-state index in [1.807, 2.05) is 0 Å². The summed E-state index contributed by atoms with van der Waals surface area (Å²) >= 11 is 0. The zero-order valence-electron chi connectivity index (χ0n) is 11.8. The van der Waals surface area contributed by atoms with E-state index in [2.05, 4.69) is 5.32 Å². The number of nitrogens with one attached hydrogen (secondary N) is 1. The zero-order chi connectivity index (χ0) is 15.9. The van der Waals surface area contributed by atoms with E-state index in [9.17, 15) is 18.0 Å². The van der Waals surface area contributed by atoms with Crippen LogP contribution in [0.25, 0.3) is 0 Å². The lowest BCUT2D eigenvalue weighted by molar-refractivity contribution is -0.120. The van der Waals surface area contributed by atoms with Crippen molar-refractivity contribution in [2.24, 2.45) is 0 Å². The molecule has 0 atom stereocenters. The molecule has 1 rings (SSSR count). The van der Waals surface area contributed by atoms with Crippen LogP contribution in [0.4, 0.5) is 0 Å². The van der Waals surface area contributed by atoms with Crippen LogP contribution >= 0.6 is 0 Å². The normalized spacial score (nSPS) is 11.1. The average molecular weight is 313 g/mol. The van der Waals surface area contributed by atoms with Crippen molar-refractivity contribution in [1.29, 1.82) is 0 Å². The predicted molar refractivity (Wildman–Crippen MR) is 79.1 cm³/mol. The Balaban J connectivity index is 2.34. The van der Waals surface area contributed by atoms with E-state index < -0.39 is 15.8 Å². The molecule has 0 aliphatic rings. The number of hydrogen-bond donors (Lipinski definition) is 2. The molecule has 7 heteroatoms. The van der Waals surface area contributed by atoms with Crippen LogP contribution in [-0.4, -0.2) is 43.5 Å². The third-order valence-electron chi connectivity index (χ3n) is 3.02. The summed E-state index contributed by atoms with van der Waals surface area (Å²) in [4.78, 5) is 22.3. The fourth-order valence-electron chi connectivity index (χ4n) is 1.65. The van der Waals surface area contributed by atoms with Gasteiger partial charge in [-0.15, -0.1) is 0 Å². The highest BCUT2D eigenvalue weighted by molar-refractivity contribution is 7.91. The fourth-order valence-corrected chi connectivity index (χ4v) is 2.35. The number of benzene rings is 1. The molecule has 1 aromatic carbocycles. The molecule has 6 nitrogen and oxygen atoms in total. The van der Waals surface area contributed by atoms with Gasteiger partial charge in [0.1, 0.15) is 0 Å². The van der Waals surface area contributed by atoms with Gasteiger partial charge in [0.25, 0.3) is 0 Å². The lowest BCUT2D eigenvalue weighted by Crippen LogP contribution is -2.29. The van der Waals surface area contributed by atoms with Crippen LogP contribution in [-0.2, 0) is 21.1 Å². The van der Waals surface area contributed by atoms with E-state index in [1.165, 1.54) is 12.1 Å². The summed E-state index contributed by atoms with van der Waals surface area (Å²) in [6.07, 6.45) is 0.713. The van der Waals surface area contributed by atoms with Gasteiger partial charge in [0.05, 0.1) is 11.3 Å². The molecule has 0 unspecified atom stereocenters. The number of sulfone groups is 1. The molecular weight excluding hydrogens is 294 g/mol. The highest BCUT2D eigenvalue weighted by atomic mass is 32.2. The van der Waals surface area contributed by atoms with Crippen LogP contribution in [0.3, 0.4) is 0 Å². The third kappa shape index (κ3) is 6.40.